The molecule has 0 saturated carbocycles. The maximum Gasteiger partial charge on any atom is 0.264 e. The molecule has 1 atom stereocenters. The molecule has 0 N–H and O–H groups in total. The van der Waals surface area contributed by atoms with Gasteiger partial charge in [0, 0.05) is 23.0 Å². The van der Waals surface area contributed by atoms with Gasteiger partial charge in [0.25, 0.3) is 5.91 Å². The molecule has 0 fully saturated rings. The van der Waals surface area contributed by atoms with Gasteiger partial charge in [0.15, 0.2) is 0 Å². The summed E-state index contributed by atoms with van der Waals surface area (Å²) in [6.45, 7) is 2.05. The number of nitrogens with zero attached hydrogens (tertiary/aromatic N) is 2. The molecule has 1 unspecified atom stereocenters. The molecular formula is C15H18N2OS2. The molecule has 2 heterocycles. The molecule has 106 valence electrons. The first-order valence-corrected chi connectivity index (χ1v) is 8.63. The molecule has 0 aliphatic heterocycles. The number of aromatic nitrogens is 1. The Morgan fingerprint density at radius 3 is 2.90 bits per heavy atom. The third kappa shape index (κ3) is 2.52. The summed E-state index contributed by atoms with van der Waals surface area (Å²) in [7, 11) is 1.88. The standard InChI is InChI=1S/C15H18N2OS2/c1-10(14-8-16-9-19-14)17(2)15(18)13-7-11-5-3-4-6-12(11)20-13/h7-10H,3-6H2,1-2H3. The van der Waals surface area contributed by atoms with E-state index in [1.807, 2.05) is 23.7 Å². The van der Waals surface area contributed by atoms with Gasteiger partial charge in [-0.05, 0) is 44.2 Å². The van der Waals surface area contributed by atoms with Crippen LogP contribution in [0.15, 0.2) is 17.8 Å². The van der Waals surface area contributed by atoms with Crippen molar-refractivity contribution in [1.82, 2.24) is 9.88 Å². The third-order valence-electron chi connectivity index (χ3n) is 3.97. The van der Waals surface area contributed by atoms with Crippen LogP contribution in [-0.4, -0.2) is 22.8 Å². The second-order valence-corrected chi connectivity index (χ2v) is 7.32. The van der Waals surface area contributed by atoms with Crippen LogP contribution >= 0.6 is 22.7 Å². The number of amides is 1. The van der Waals surface area contributed by atoms with E-state index in [0.29, 0.717) is 0 Å². The molecule has 2 aromatic rings. The smallest absolute Gasteiger partial charge is 0.264 e. The van der Waals surface area contributed by atoms with Crippen LogP contribution in [0.4, 0.5) is 0 Å². The van der Waals surface area contributed by atoms with Gasteiger partial charge in [0.1, 0.15) is 0 Å². The molecule has 0 spiro atoms. The number of aryl methyl sites for hydroxylation is 2. The highest BCUT2D eigenvalue weighted by molar-refractivity contribution is 7.14. The van der Waals surface area contributed by atoms with Crippen LogP contribution in [0.1, 0.15) is 50.8 Å². The van der Waals surface area contributed by atoms with E-state index in [0.717, 1.165) is 22.6 Å². The molecule has 1 amide bonds. The summed E-state index contributed by atoms with van der Waals surface area (Å²) in [6, 6.07) is 2.19. The zero-order valence-electron chi connectivity index (χ0n) is 11.8. The van der Waals surface area contributed by atoms with Crippen LogP contribution in [0.3, 0.4) is 0 Å². The predicted octanol–water partition coefficient (Wildman–Crippen LogP) is 3.92. The maximum absolute atomic E-state index is 12.6. The van der Waals surface area contributed by atoms with Crippen LogP contribution in [-0.2, 0) is 12.8 Å². The Labute approximate surface area is 127 Å². The Bertz CT molecular complexity index is 580. The van der Waals surface area contributed by atoms with Gasteiger partial charge in [-0.15, -0.1) is 22.7 Å². The molecule has 0 radical (unpaired) electrons. The molecule has 0 aromatic carbocycles. The first-order valence-electron chi connectivity index (χ1n) is 6.94. The van der Waals surface area contributed by atoms with Crippen molar-refractivity contribution < 1.29 is 4.79 Å². The fraction of sp³-hybridized carbons (Fsp3) is 0.467. The number of hydrogen-bond acceptors (Lipinski definition) is 4. The van der Waals surface area contributed by atoms with Crippen molar-refractivity contribution in [3.8, 4) is 0 Å². The Morgan fingerprint density at radius 1 is 1.40 bits per heavy atom. The van der Waals surface area contributed by atoms with Crippen LogP contribution in [0.5, 0.6) is 0 Å². The summed E-state index contributed by atoms with van der Waals surface area (Å²) < 4.78 is 0. The van der Waals surface area contributed by atoms with E-state index in [1.165, 1.54) is 23.3 Å². The summed E-state index contributed by atoms with van der Waals surface area (Å²) >= 11 is 3.28. The minimum atomic E-state index is 0.0779. The molecule has 3 rings (SSSR count). The van der Waals surface area contributed by atoms with Crippen molar-refractivity contribution in [2.24, 2.45) is 0 Å². The lowest BCUT2D eigenvalue weighted by Gasteiger charge is -2.23. The number of carbonyl (C=O) groups excluding carboxylic acids is 1. The van der Waals surface area contributed by atoms with E-state index in [9.17, 15) is 4.79 Å². The molecule has 1 aliphatic carbocycles. The molecule has 1 aliphatic rings. The number of hydrogen-bond donors (Lipinski definition) is 0. The highest BCUT2D eigenvalue weighted by Gasteiger charge is 2.23. The first kappa shape index (κ1) is 13.8. The van der Waals surface area contributed by atoms with Gasteiger partial charge >= 0.3 is 0 Å². The summed E-state index contributed by atoms with van der Waals surface area (Å²) in [5.41, 5.74) is 3.21. The second-order valence-electron chi connectivity index (χ2n) is 5.26. The fourth-order valence-electron chi connectivity index (χ4n) is 2.57. The number of fused-ring (bicyclic) bond motifs is 1. The topological polar surface area (TPSA) is 33.2 Å². The highest BCUT2D eigenvalue weighted by atomic mass is 32.1. The number of carbonyl (C=O) groups is 1. The molecule has 3 nitrogen and oxygen atoms in total. The minimum Gasteiger partial charge on any atom is -0.333 e. The number of rotatable bonds is 3. The van der Waals surface area contributed by atoms with Crippen LogP contribution in [0.2, 0.25) is 0 Å². The second kappa shape index (κ2) is 5.66. The molecule has 0 bridgehead atoms. The van der Waals surface area contributed by atoms with Crippen molar-refractivity contribution >= 4 is 28.6 Å². The minimum absolute atomic E-state index is 0.0779. The lowest BCUT2D eigenvalue weighted by molar-refractivity contribution is 0.0749. The average Bonchev–Trinajstić information content (AvgIpc) is 3.13. The summed E-state index contributed by atoms with van der Waals surface area (Å²) in [5, 5.41) is 0. The van der Waals surface area contributed by atoms with Gasteiger partial charge in [-0.1, -0.05) is 0 Å². The van der Waals surface area contributed by atoms with Crippen molar-refractivity contribution in [1.29, 1.82) is 0 Å². The van der Waals surface area contributed by atoms with Gasteiger partial charge in [-0.2, -0.15) is 0 Å². The van der Waals surface area contributed by atoms with Crippen molar-refractivity contribution in [3.63, 3.8) is 0 Å². The highest BCUT2D eigenvalue weighted by Crippen LogP contribution is 2.32. The lowest BCUT2D eigenvalue weighted by atomic mass is 9.99. The van der Waals surface area contributed by atoms with E-state index in [1.54, 1.807) is 22.7 Å². The SMILES string of the molecule is CC(c1cncs1)N(C)C(=O)c1cc2c(s1)CCCC2. The summed E-state index contributed by atoms with van der Waals surface area (Å²) in [5.74, 6) is 0.130. The largest absolute Gasteiger partial charge is 0.333 e. The van der Waals surface area contributed by atoms with Crippen LogP contribution in [0.25, 0.3) is 0 Å². The maximum atomic E-state index is 12.6. The van der Waals surface area contributed by atoms with E-state index in [4.69, 9.17) is 0 Å². The molecular weight excluding hydrogens is 288 g/mol. The fourth-order valence-corrected chi connectivity index (χ4v) is 4.53. The molecule has 2 aromatic heterocycles. The number of thiophene rings is 1. The van der Waals surface area contributed by atoms with Gasteiger partial charge in [0.2, 0.25) is 0 Å². The van der Waals surface area contributed by atoms with Crippen molar-refractivity contribution in [2.75, 3.05) is 7.05 Å². The van der Waals surface area contributed by atoms with Crippen molar-refractivity contribution in [3.05, 3.63) is 38.0 Å². The van der Waals surface area contributed by atoms with E-state index >= 15 is 0 Å². The van der Waals surface area contributed by atoms with Gasteiger partial charge in [-0.3, -0.25) is 9.78 Å². The Kier molecular flexibility index (Phi) is 3.89. The van der Waals surface area contributed by atoms with E-state index in [2.05, 4.69) is 18.0 Å². The van der Waals surface area contributed by atoms with Crippen molar-refractivity contribution in [2.45, 2.75) is 38.6 Å². The van der Waals surface area contributed by atoms with Gasteiger partial charge in [-0.25, -0.2) is 0 Å². The quantitative estimate of drug-likeness (QED) is 0.861. The third-order valence-corrected chi connectivity index (χ3v) is 6.14. The zero-order valence-corrected chi connectivity index (χ0v) is 13.4. The average molecular weight is 306 g/mol. The van der Waals surface area contributed by atoms with Gasteiger partial charge in [0.05, 0.1) is 16.4 Å². The Balaban J connectivity index is 1.79. The lowest BCUT2D eigenvalue weighted by Crippen LogP contribution is -2.28. The molecule has 0 saturated heterocycles. The van der Waals surface area contributed by atoms with Crippen LogP contribution < -0.4 is 0 Å². The zero-order chi connectivity index (χ0) is 14.1. The first-order chi connectivity index (χ1) is 9.66. The van der Waals surface area contributed by atoms with Crippen LogP contribution in [0, 0.1) is 0 Å². The van der Waals surface area contributed by atoms with E-state index < -0.39 is 0 Å². The molecule has 5 heteroatoms. The Hall–Kier alpha value is -1.20. The predicted molar refractivity (Wildman–Crippen MR) is 83.6 cm³/mol. The monoisotopic (exact) mass is 306 g/mol. The number of thiazole rings is 1. The van der Waals surface area contributed by atoms with Gasteiger partial charge < -0.3 is 4.90 Å². The Morgan fingerprint density at radius 2 is 2.20 bits per heavy atom. The van der Waals surface area contributed by atoms with E-state index in [-0.39, 0.29) is 11.9 Å². The summed E-state index contributed by atoms with van der Waals surface area (Å²) in [4.78, 5) is 22.0. The molecule has 20 heavy (non-hydrogen) atoms. The normalized spacial score (nSPS) is 15.7. The summed E-state index contributed by atoms with van der Waals surface area (Å²) in [6.07, 6.45) is 6.63.